The Balaban J connectivity index is 1.99. The van der Waals surface area contributed by atoms with Crippen molar-refractivity contribution < 1.29 is 4.74 Å². The number of hydrogen-bond donors (Lipinski definition) is 1. The topological polar surface area (TPSA) is 24.5 Å². The second-order valence-corrected chi connectivity index (χ2v) is 7.14. The van der Waals surface area contributed by atoms with Crippen LogP contribution in [0.5, 0.6) is 0 Å². The quantitative estimate of drug-likeness (QED) is 0.848. The van der Waals surface area contributed by atoms with E-state index in [4.69, 9.17) is 4.74 Å². The predicted molar refractivity (Wildman–Crippen MR) is 80.4 cm³/mol. The lowest BCUT2D eigenvalue weighted by Gasteiger charge is -2.46. The molecule has 0 spiro atoms. The van der Waals surface area contributed by atoms with Gasteiger partial charge >= 0.3 is 0 Å². The fourth-order valence-electron chi connectivity index (χ4n) is 3.76. The summed E-state index contributed by atoms with van der Waals surface area (Å²) in [5.41, 5.74) is 0.493. The van der Waals surface area contributed by atoms with Crippen LogP contribution >= 0.6 is 0 Å². The van der Waals surface area contributed by atoms with Crippen molar-refractivity contribution in [2.45, 2.75) is 58.6 Å². The summed E-state index contributed by atoms with van der Waals surface area (Å²) in [6, 6.07) is 0.573. The van der Waals surface area contributed by atoms with E-state index in [2.05, 4.69) is 38.0 Å². The number of morpholine rings is 1. The largest absolute Gasteiger partial charge is 0.376 e. The van der Waals surface area contributed by atoms with Crippen molar-refractivity contribution >= 4 is 0 Å². The van der Waals surface area contributed by atoms with Crippen LogP contribution in [0.4, 0.5) is 0 Å². The lowest BCUT2D eigenvalue weighted by Crippen LogP contribution is -2.54. The fraction of sp³-hybridized carbons (Fsp3) is 1.00. The molecule has 2 rings (SSSR count). The smallest absolute Gasteiger partial charge is 0.0674 e. The highest BCUT2D eigenvalue weighted by atomic mass is 16.5. The summed E-state index contributed by atoms with van der Waals surface area (Å²) in [7, 11) is 2.10. The van der Waals surface area contributed by atoms with Crippen LogP contribution in [-0.4, -0.2) is 50.3 Å². The average Bonchev–Trinajstić information content (AvgIpc) is 2.38. The third-order valence-corrected chi connectivity index (χ3v) is 5.16. The van der Waals surface area contributed by atoms with Crippen molar-refractivity contribution in [1.82, 2.24) is 10.2 Å². The fourth-order valence-corrected chi connectivity index (χ4v) is 3.76. The van der Waals surface area contributed by atoms with Crippen molar-refractivity contribution in [3.05, 3.63) is 0 Å². The van der Waals surface area contributed by atoms with Crippen LogP contribution in [-0.2, 0) is 4.74 Å². The Kier molecular flexibility index (Phi) is 5.27. The highest BCUT2D eigenvalue weighted by molar-refractivity contribution is 4.91. The minimum absolute atomic E-state index is 0.394. The first kappa shape index (κ1) is 15.3. The molecule has 1 saturated heterocycles. The zero-order valence-corrected chi connectivity index (χ0v) is 13.2. The lowest BCUT2D eigenvalue weighted by molar-refractivity contribution is -0.0679. The van der Waals surface area contributed by atoms with Crippen molar-refractivity contribution in [1.29, 1.82) is 0 Å². The zero-order valence-electron chi connectivity index (χ0n) is 13.2. The van der Waals surface area contributed by atoms with Gasteiger partial charge in [-0.15, -0.1) is 0 Å². The molecule has 1 saturated carbocycles. The van der Waals surface area contributed by atoms with E-state index in [9.17, 15) is 0 Å². The van der Waals surface area contributed by atoms with E-state index in [1.165, 1.54) is 32.2 Å². The summed E-state index contributed by atoms with van der Waals surface area (Å²) >= 11 is 0. The molecule has 0 amide bonds. The van der Waals surface area contributed by atoms with Gasteiger partial charge in [0.15, 0.2) is 0 Å². The molecular weight excluding hydrogens is 236 g/mol. The van der Waals surface area contributed by atoms with Gasteiger partial charge in [-0.05, 0) is 45.1 Å². The van der Waals surface area contributed by atoms with Crippen molar-refractivity contribution in [2.24, 2.45) is 11.3 Å². The molecule has 0 aromatic carbocycles. The maximum atomic E-state index is 5.76. The first-order chi connectivity index (χ1) is 9.04. The second kappa shape index (κ2) is 6.55. The average molecular weight is 268 g/mol. The number of hydrogen-bond acceptors (Lipinski definition) is 3. The van der Waals surface area contributed by atoms with Gasteiger partial charge in [0.1, 0.15) is 0 Å². The van der Waals surface area contributed by atoms with E-state index in [0.29, 0.717) is 17.6 Å². The molecule has 1 aliphatic carbocycles. The zero-order chi connectivity index (χ0) is 13.9. The van der Waals surface area contributed by atoms with E-state index >= 15 is 0 Å². The SMILES string of the molecule is CNCC1(CN2CC(C)OCC2C)CCC(C)CC1. The molecule has 0 aromatic heterocycles. The van der Waals surface area contributed by atoms with E-state index in [1.54, 1.807) is 0 Å². The summed E-state index contributed by atoms with van der Waals surface area (Å²) in [6.45, 7) is 11.3. The summed E-state index contributed by atoms with van der Waals surface area (Å²) < 4.78 is 5.76. The van der Waals surface area contributed by atoms with Gasteiger partial charge < -0.3 is 10.1 Å². The Labute approximate surface area is 119 Å². The molecule has 1 heterocycles. The molecule has 19 heavy (non-hydrogen) atoms. The Morgan fingerprint density at radius 1 is 1.21 bits per heavy atom. The van der Waals surface area contributed by atoms with Gasteiger partial charge in [-0.25, -0.2) is 0 Å². The molecule has 3 nitrogen and oxygen atoms in total. The second-order valence-electron chi connectivity index (χ2n) is 7.14. The minimum Gasteiger partial charge on any atom is -0.376 e. The Morgan fingerprint density at radius 2 is 1.89 bits per heavy atom. The Hall–Kier alpha value is -0.120. The van der Waals surface area contributed by atoms with E-state index < -0.39 is 0 Å². The molecule has 0 radical (unpaired) electrons. The predicted octanol–water partition coefficient (Wildman–Crippen LogP) is 2.51. The van der Waals surface area contributed by atoms with Crippen LogP contribution in [0.1, 0.15) is 46.5 Å². The molecule has 0 aromatic rings. The van der Waals surface area contributed by atoms with E-state index in [-0.39, 0.29) is 0 Å². The van der Waals surface area contributed by atoms with E-state index in [1.807, 2.05) is 0 Å². The summed E-state index contributed by atoms with van der Waals surface area (Å²) in [5, 5.41) is 3.45. The molecule has 3 heteroatoms. The standard InChI is InChI=1S/C16H32N2O/c1-13-5-7-16(8-6-13,11-17-4)12-18-9-15(3)19-10-14(18)2/h13-15,17H,5-12H2,1-4H3. The minimum atomic E-state index is 0.394. The molecule has 2 unspecified atom stereocenters. The van der Waals surface area contributed by atoms with E-state index in [0.717, 1.165) is 25.6 Å². The molecule has 112 valence electrons. The van der Waals surface area contributed by atoms with Crippen LogP contribution in [0.3, 0.4) is 0 Å². The molecule has 2 atom stereocenters. The van der Waals surface area contributed by atoms with Gasteiger partial charge in [-0.1, -0.05) is 19.8 Å². The van der Waals surface area contributed by atoms with Gasteiger partial charge in [-0.2, -0.15) is 0 Å². The first-order valence-corrected chi connectivity index (χ1v) is 8.05. The summed E-state index contributed by atoms with van der Waals surface area (Å²) in [4.78, 5) is 2.67. The molecule has 2 fully saturated rings. The number of nitrogens with one attached hydrogen (secondary N) is 1. The number of nitrogens with zero attached hydrogens (tertiary/aromatic N) is 1. The number of rotatable bonds is 4. The Bertz CT molecular complexity index is 274. The highest BCUT2D eigenvalue weighted by Gasteiger charge is 2.37. The third-order valence-electron chi connectivity index (χ3n) is 5.16. The van der Waals surface area contributed by atoms with Gasteiger partial charge in [0.25, 0.3) is 0 Å². The van der Waals surface area contributed by atoms with Crippen LogP contribution in [0.15, 0.2) is 0 Å². The maximum absolute atomic E-state index is 5.76. The normalized spacial score (nSPS) is 41.4. The van der Waals surface area contributed by atoms with Gasteiger partial charge in [0.2, 0.25) is 0 Å². The van der Waals surface area contributed by atoms with Gasteiger partial charge in [0, 0.05) is 25.7 Å². The van der Waals surface area contributed by atoms with Crippen LogP contribution < -0.4 is 5.32 Å². The van der Waals surface area contributed by atoms with Crippen molar-refractivity contribution in [3.63, 3.8) is 0 Å². The Morgan fingerprint density at radius 3 is 2.53 bits per heavy atom. The molecule has 2 aliphatic rings. The lowest BCUT2D eigenvalue weighted by atomic mass is 9.70. The summed E-state index contributed by atoms with van der Waals surface area (Å²) in [5.74, 6) is 0.922. The van der Waals surface area contributed by atoms with Crippen LogP contribution in [0.2, 0.25) is 0 Å². The molecule has 1 N–H and O–H groups in total. The summed E-state index contributed by atoms with van der Waals surface area (Å²) in [6.07, 6.45) is 5.96. The number of ether oxygens (including phenoxy) is 1. The van der Waals surface area contributed by atoms with Crippen LogP contribution in [0.25, 0.3) is 0 Å². The molecule has 0 bridgehead atoms. The maximum Gasteiger partial charge on any atom is 0.0674 e. The first-order valence-electron chi connectivity index (χ1n) is 8.05. The van der Waals surface area contributed by atoms with Crippen LogP contribution in [0, 0.1) is 11.3 Å². The van der Waals surface area contributed by atoms with Gasteiger partial charge in [-0.3, -0.25) is 4.90 Å². The third kappa shape index (κ3) is 3.93. The molecular formula is C16H32N2O. The van der Waals surface area contributed by atoms with Crippen molar-refractivity contribution in [3.8, 4) is 0 Å². The monoisotopic (exact) mass is 268 g/mol. The highest BCUT2D eigenvalue weighted by Crippen LogP contribution is 2.39. The van der Waals surface area contributed by atoms with Crippen molar-refractivity contribution in [2.75, 3.05) is 33.3 Å². The van der Waals surface area contributed by atoms with Gasteiger partial charge in [0.05, 0.1) is 12.7 Å². The molecule has 1 aliphatic heterocycles.